The number of rotatable bonds is 8. The van der Waals surface area contributed by atoms with E-state index < -0.39 is 6.10 Å². The van der Waals surface area contributed by atoms with Crippen molar-refractivity contribution in [1.82, 2.24) is 15.5 Å². The van der Waals surface area contributed by atoms with E-state index in [0.29, 0.717) is 18.7 Å². The van der Waals surface area contributed by atoms with Crippen LogP contribution in [-0.4, -0.2) is 34.6 Å². The zero-order valence-electron chi connectivity index (χ0n) is 11.6. The Morgan fingerprint density at radius 1 is 1.24 bits per heavy atom. The third-order valence-electron chi connectivity index (χ3n) is 2.84. The van der Waals surface area contributed by atoms with Gasteiger partial charge in [0, 0.05) is 24.8 Å². The SMILES string of the molecule is OC(CNCc1cccnn1)COCc1ccccc1F. The number of nitrogens with zero attached hydrogens (tertiary/aromatic N) is 2. The van der Waals surface area contributed by atoms with Crippen LogP contribution in [-0.2, 0) is 17.9 Å². The summed E-state index contributed by atoms with van der Waals surface area (Å²) in [5, 5.41) is 20.5. The number of hydrogen-bond acceptors (Lipinski definition) is 5. The van der Waals surface area contributed by atoms with Crippen molar-refractivity contribution < 1.29 is 14.2 Å². The van der Waals surface area contributed by atoms with Crippen LogP contribution in [0.3, 0.4) is 0 Å². The van der Waals surface area contributed by atoms with Crippen LogP contribution >= 0.6 is 0 Å². The maximum absolute atomic E-state index is 13.3. The smallest absolute Gasteiger partial charge is 0.128 e. The first-order chi connectivity index (χ1) is 10.3. The van der Waals surface area contributed by atoms with E-state index >= 15 is 0 Å². The minimum atomic E-state index is -0.659. The summed E-state index contributed by atoms with van der Waals surface area (Å²) in [6.07, 6.45) is 0.947. The Balaban J connectivity index is 1.62. The minimum absolute atomic E-state index is 0.141. The molecule has 0 radical (unpaired) electrons. The van der Waals surface area contributed by atoms with E-state index in [2.05, 4.69) is 15.5 Å². The zero-order valence-corrected chi connectivity index (χ0v) is 11.6. The molecule has 0 saturated heterocycles. The second kappa shape index (κ2) is 8.41. The largest absolute Gasteiger partial charge is 0.389 e. The normalized spacial score (nSPS) is 12.3. The summed E-state index contributed by atoms with van der Waals surface area (Å²) in [6.45, 7) is 1.18. The van der Waals surface area contributed by atoms with Gasteiger partial charge in [0.1, 0.15) is 5.82 Å². The van der Waals surface area contributed by atoms with Crippen molar-refractivity contribution in [3.63, 3.8) is 0 Å². The molecule has 1 atom stereocenters. The first-order valence-electron chi connectivity index (χ1n) is 6.72. The van der Waals surface area contributed by atoms with E-state index in [1.54, 1.807) is 30.5 Å². The molecule has 0 spiro atoms. The van der Waals surface area contributed by atoms with E-state index in [4.69, 9.17) is 4.74 Å². The average Bonchev–Trinajstić information content (AvgIpc) is 2.50. The van der Waals surface area contributed by atoms with Crippen LogP contribution in [0.1, 0.15) is 11.3 Å². The number of hydrogen-bond donors (Lipinski definition) is 2. The lowest BCUT2D eigenvalue weighted by Crippen LogP contribution is -2.30. The van der Waals surface area contributed by atoms with E-state index in [0.717, 1.165) is 5.69 Å². The fourth-order valence-electron chi connectivity index (χ4n) is 1.77. The first-order valence-corrected chi connectivity index (χ1v) is 6.72. The van der Waals surface area contributed by atoms with Crippen molar-refractivity contribution in [3.05, 3.63) is 59.7 Å². The van der Waals surface area contributed by atoms with Gasteiger partial charge >= 0.3 is 0 Å². The van der Waals surface area contributed by atoms with Gasteiger partial charge in [0.05, 0.1) is 25.0 Å². The van der Waals surface area contributed by atoms with Gasteiger partial charge in [-0.15, -0.1) is 0 Å². The monoisotopic (exact) mass is 291 g/mol. The molecule has 0 aliphatic carbocycles. The van der Waals surface area contributed by atoms with E-state index in [-0.39, 0.29) is 19.0 Å². The molecule has 0 bridgehead atoms. The predicted molar refractivity (Wildman–Crippen MR) is 75.8 cm³/mol. The molecule has 2 N–H and O–H groups in total. The third kappa shape index (κ3) is 5.55. The Hall–Kier alpha value is -1.89. The van der Waals surface area contributed by atoms with Gasteiger partial charge in [0.15, 0.2) is 0 Å². The van der Waals surface area contributed by atoms with Gasteiger partial charge in [-0.05, 0) is 18.2 Å². The molecule has 0 saturated carbocycles. The molecule has 6 heteroatoms. The fraction of sp³-hybridized carbons (Fsp3) is 0.333. The maximum Gasteiger partial charge on any atom is 0.128 e. The van der Waals surface area contributed by atoms with Gasteiger partial charge in [-0.2, -0.15) is 10.2 Å². The van der Waals surface area contributed by atoms with Crippen LogP contribution in [0.5, 0.6) is 0 Å². The van der Waals surface area contributed by atoms with Crippen LogP contribution in [0.25, 0.3) is 0 Å². The van der Waals surface area contributed by atoms with E-state index in [9.17, 15) is 9.50 Å². The van der Waals surface area contributed by atoms with Gasteiger partial charge in [-0.1, -0.05) is 18.2 Å². The predicted octanol–water partition coefficient (Wildman–Crippen LogP) is 1.28. The number of ether oxygens (including phenoxy) is 1. The van der Waals surface area contributed by atoms with Crippen molar-refractivity contribution in [2.75, 3.05) is 13.2 Å². The average molecular weight is 291 g/mol. The summed E-state index contributed by atoms with van der Waals surface area (Å²) in [7, 11) is 0. The van der Waals surface area contributed by atoms with Crippen LogP contribution < -0.4 is 5.32 Å². The van der Waals surface area contributed by atoms with Crippen LogP contribution in [0.15, 0.2) is 42.6 Å². The highest BCUT2D eigenvalue weighted by atomic mass is 19.1. The van der Waals surface area contributed by atoms with Crippen LogP contribution in [0.4, 0.5) is 4.39 Å². The van der Waals surface area contributed by atoms with Crippen molar-refractivity contribution in [2.24, 2.45) is 0 Å². The van der Waals surface area contributed by atoms with Crippen LogP contribution in [0, 0.1) is 5.82 Å². The summed E-state index contributed by atoms with van der Waals surface area (Å²) < 4.78 is 18.6. The zero-order chi connectivity index (χ0) is 14.9. The van der Waals surface area contributed by atoms with E-state index in [1.807, 2.05) is 6.07 Å². The number of aromatic nitrogens is 2. The second-order valence-electron chi connectivity index (χ2n) is 4.61. The molecule has 0 fully saturated rings. The summed E-state index contributed by atoms with van der Waals surface area (Å²) in [6, 6.07) is 10.1. The van der Waals surface area contributed by atoms with Crippen molar-refractivity contribution in [3.8, 4) is 0 Å². The molecule has 0 aliphatic heterocycles. The second-order valence-corrected chi connectivity index (χ2v) is 4.61. The molecule has 1 aromatic heterocycles. The topological polar surface area (TPSA) is 67.3 Å². The molecule has 1 aromatic carbocycles. The van der Waals surface area contributed by atoms with Crippen molar-refractivity contribution >= 4 is 0 Å². The molecule has 2 rings (SSSR count). The molecule has 1 unspecified atom stereocenters. The van der Waals surface area contributed by atoms with Gasteiger partial charge in [-0.25, -0.2) is 4.39 Å². The van der Waals surface area contributed by atoms with Crippen molar-refractivity contribution in [1.29, 1.82) is 0 Å². The van der Waals surface area contributed by atoms with Crippen LogP contribution in [0.2, 0.25) is 0 Å². The maximum atomic E-state index is 13.3. The Morgan fingerprint density at radius 2 is 2.10 bits per heavy atom. The highest BCUT2D eigenvalue weighted by Crippen LogP contribution is 2.07. The summed E-state index contributed by atoms with van der Waals surface area (Å²) in [5.41, 5.74) is 1.29. The van der Waals surface area contributed by atoms with E-state index in [1.165, 1.54) is 6.07 Å². The molecule has 21 heavy (non-hydrogen) atoms. The Labute approximate surface area is 122 Å². The third-order valence-corrected chi connectivity index (χ3v) is 2.84. The fourth-order valence-corrected chi connectivity index (χ4v) is 1.77. The molecular weight excluding hydrogens is 273 g/mol. The molecule has 2 aromatic rings. The van der Waals surface area contributed by atoms with Crippen molar-refractivity contribution in [2.45, 2.75) is 19.3 Å². The molecule has 5 nitrogen and oxygen atoms in total. The molecular formula is C15H18FN3O2. The number of halogens is 1. The van der Waals surface area contributed by atoms with Gasteiger partial charge in [0.25, 0.3) is 0 Å². The first kappa shape index (κ1) is 15.5. The lowest BCUT2D eigenvalue weighted by molar-refractivity contribution is 0.0277. The molecule has 112 valence electrons. The molecule has 0 aliphatic rings. The quantitative estimate of drug-likeness (QED) is 0.767. The molecule has 1 heterocycles. The summed E-state index contributed by atoms with van der Waals surface area (Å²) in [4.78, 5) is 0. The lowest BCUT2D eigenvalue weighted by atomic mass is 10.2. The minimum Gasteiger partial charge on any atom is -0.389 e. The Kier molecular flexibility index (Phi) is 6.21. The van der Waals surface area contributed by atoms with Gasteiger partial charge in [0.2, 0.25) is 0 Å². The number of aliphatic hydroxyl groups excluding tert-OH is 1. The van der Waals surface area contributed by atoms with Gasteiger partial charge in [-0.3, -0.25) is 0 Å². The number of benzene rings is 1. The Morgan fingerprint density at radius 3 is 2.86 bits per heavy atom. The number of nitrogens with one attached hydrogen (secondary N) is 1. The highest BCUT2D eigenvalue weighted by Gasteiger charge is 2.06. The number of aliphatic hydroxyl groups is 1. The van der Waals surface area contributed by atoms with Gasteiger partial charge < -0.3 is 15.2 Å². The molecule has 0 amide bonds. The lowest BCUT2D eigenvalue weighted by Gasteiger charge is -2.12. The summed E-state index contributed by atoms with van der Waals surface area (Å²) >= 11 is 0. The summed E-state index contributed by atoms with van der Waals surface area (Å²) in [5.74, 6) is -0.298. The Bertz CT molecular complexity index is 539. The highest BCUT2D eigenvalue weighted by molar-refractivity contribution is 5.16. The standard InChI is InChI=1S/C15H18FN3O2/c16-15-6-2-1-4-12(15)10-21-11-14(20)9-17-8-13-5-3-7-18-19-13/h1-7,14,17,20H,8-11H2.